The van der Waals surface area contributed by atoms with Crippen LogP contribution in [0.2, 0.25) is 0 Å². The summed E-state index contributed by atoms with van der Waals surface area (Å²) < 4.78 is 0. The Bertz CT molecular complexity index is 297. The first-order valence-electron chi connectivity index (χ1n) is 4.84. The molecule has 0 saturated heterocycles. The molecule has 0 bridgehead atoms. The van der Waals surface area contributed by atoms with Crippen molar-refractivity contribution in [2.75, 3.05) is 0 Å². The van der Waals surface area contributed by atoms with Crippen molar-refractivity contribution in [1.29, 1.82) is 0 Å². The maximum atomic E-state index is 4.55. The topological polar surface area (TPSA) is 12.9 Å². The molecule has 2 aliphatic rings. The lowest BCUT2D eigenvalue weighted by atomic mass is 9.84. The number of hydrogen-bond acceptors (Lipinski definition) is 2. The Kier molecular flexibility index (Phi) is 1.37. The van der Waals surface area contributed by atoms with Gasteiger partial charge in [0.2, 0.25) is 0 Å². The predicted molar refractivity (Wildman–Crippen MR) is 50.6 cm³/mol. The third-order valence-corrected chi connectivity index (χ3v) is 4.43. The van der Waals surface area contributed by atoms with Gasteiger partial charge in [-0.25, -0.2) is 4.98 Å². The fourth-order valence-electron chi connectivity index (χ4n) is 2.89. The van der Waals surface area contributed by atoms with Crippen molar-refractivity contribution in [2.24, 2.45) is 0 Å². The summed E-state index contributed by atoms with van der Waals surface area (Å²) in [5.74, 6) is 0. The van der Waals surface area contributed by atoms with E-state index < -0.39 is 0 Å². The average molecular weight is 179 g/mol. The van der Waals surface area contributed by atoms with Crippen molar-refractivity contribution in [3.8, 4) is 0 Å². The van der Waals surface area contributed by atoms with Gasteiger partial charge in [0.1, 0.15) is 0 Å². The van der Waals surface area contributed by atoms with E-state index in [0.29, 0.717) is 5.41 Å². The molecule has 1 aromatic heterocycles. The van der Waals surface area contributed by atoms with Gasteiger partial charge in [-0.05, 0) is 25.7 Å². The van der Waals surface area contributed by atoms with E-state index in [-0.39, 0.29) is 0 Å². The molecule has 12 heavy (non-hydrogen) atoms. The molecule has 0 atom stereocenters. The molecule has 0 unspecified atom stereocenters. The molecule has 1 aromatic rings. The predicted octanol–water partition coefficient (Wildman–Crippen LogP) is 2.90. The molecule has 0 amide bonds. The lowest BCUT2D eigenvalue weighted by Gasteiger charge is -2.21. The molecule has 1 fully saturated rings. The van der Waals surface area contributed by atoms with Crippen LogP contribution in [-0.4, -0.2) is 4.98 Å². The summed E-state index contributed by atoms with van der Waals surface area (Å²) in [6.45, 7) is 0. The summed E-state index contributed by atoms with van der Waals surface area (Å²) in [5, 5.41) is 0. The van der Waals surface area contributed by atoms with Gasteiger partial charge in [-0.15, -0.1) is 11.3 Å². The van der Waals surface area contributed by atoms with Crippen LogP contribution in [0.4, 0.5) is 0 Å². The SMILES string of the molecule is c1nc2c(s1)CCC21CCCC1. The van der Waals surface area contributed by atoms with Gasteiger partial charge in [0, 0.05) is 10.3 Å². The van der Waals surface area contributed by atoms with E-state index in [0.717, 1.165) is 0 Å². The maximum absolute atomic E-state index is 4.55. The second-order valence-corrected chi connectivity index (χ2v) is 5.05. The van der Waals surface area contributed by atoms with E-state index >= 15 is 0 Å². The molecule has 3 rings (SSSR count). The van der Waals surface area contributed by atoms with Gasteiger partial charge in [-0.1, -0.05) is 12.8 Å². The summed E-state index contributed by atoms with van der Waals surface area (Å²) >= 11 is 1.86. The summed E-state index contributed by atoms with van der Waals surface area (Å²) in [7, 11) is 0. The first-order chi connectivity index (χ1) is 5.91. The van der Waals surface area contributed by atoms with Gasteiger partial charge in [-0.3, -0.25) is 0 Å². The van der Waals surface area contributed by atoms with Gasteiger partial charge < -0.3 is 0 Å². The second kappa shape index (κ2) is 2.32. The third-order valence-electron chi connectivity index (χ3n) is 3.53. The molecular formula is C10H13NS. The van der Waals surface area contributed by atoms with E-state index in [2.05, 4.69) is 4.98 Å². The monoisotopic (exact) mass is 179 g/mol. The van der Waals surface area contributed by atoms with Crippen LogP contribution in [0.5, 0.6) is 0 Å². The first-order valence-corrected chi connectivity index (χ1v) is 5.72. The van der Waals surface area contributed by atoms with Crippen molar-refractivity contribution in [2.45, 2.75) is 43.9 Å². The molecule has 0 aromatic carbocycles. The highest BCUT2D eigenvalue weighted by Crippen LogP contribution is 2.50. The normalized spacial score (nSPS) is 25.0. The van der Waals surface area contributed by atoms with Crippen LogP contribution in [0, 0.1) is 0 Å². The molecule has 64 valence electrons. The Morgan fingerprint density at radius 1 is 1.25 bits per heavy atom. The van der Waals surface area contributed by atoms with Crippen LogP contribution >= 0.6 is 11.3 Å². The summed E-state index contributed by atoms with van der Waals surface area (Å²) in [5.41, 5.74) is 4.06. The zero-order chi connectivity index (χ0) is 8.02. The number of rotatable bonds is 0. The Hall–Kier alpha value is -0.370. The van der Waals surface area contributed by atoms with E-state index in [1.54, 1.807) is 4.88 Å². The number of aromatic nitrogens is 1. The molecule has 1 spiro atoms. The lowest BCUT2D eigenvalue weighted by Crippen LogP contribution is -2.18. The zero-order valence-corrected chi connectivity index (χ0v) is 7.99. The highest BCUT2D eigenvalue weighted by atomic mass is 32.1. The van der Waals surface area contributed by atoms with Crippen molar-refractivity contribution in [3.63, 3.8) is 0 Å². The molecule has 2 aliphatic carbocycles. The number of nitrogens with zero attached hydrogens (tertiary/aromatic N) is 1. The molecule has 0 aliphatic heterocycles. The highest BCUT2D eigenvalue weighted by molar-refractivity contribution is 7.09. The quantitative estimate of drug-likeness (QED) is 0.596. The average Bonchev–Trinajstić information content (AvgIpc) is 2.76. The molecule has 0 N–H and O–H groups in total. The summed E-state index contributed by atoms with van der Waals surface area (Å²) in [6, 6.07) is 0. The minimum atomic E-state index is 0.551. The van der Waals surface area contributed by atoms with Crippen LogP contribution in [-0.2, 0) is 11.8 Å². The number of aryl methyl sites for hydroxylation is 1. The van der Waals surface area contributed by atoms with Crippen LogP contribution in [0.15, 0.2) is 5.51 Å². The Balaban J connectivity index is 2.09. The molecular weight excluding hydrogens is 166 g/mol. The molecule has 0 radical (unpaired) electrons. The fraction of sp³-hybridized carbons (Fsp3) is 0.700. The Morgan fingerprint density at radius 2 is 2.08 bits per heavy atom. The van der Waals surface area contributed by atoms with Crippen molar-refractivity contribution >= 4 is 11.3 Å². The van der Waals surface area contributed by atoms with Gasteiger partial charge in [-0.2, -0.15) is 0 Å². The van der Waals surface area contributed by atoms with Gasteiger partial charge in [0.25, 0.3) is 0 Å². The van der Waals surface area contributed by atoms with Gasteiger partial charge >= 0.3 is 0 Å². The molecule has 1 nitrogen and oxygen atoms in total. The van der Waals surface area contributed by atoms with E-state index in [4.69, 9.17) is 0 Å². The van der Waals surface area contributed by atoms with E-state index in [1.165, 1.54) is 44.2 Å². The van der Waals surface area contributed by atoms with Crippen molar-refractivity contribution < 1.29 is 0 Å². The van der Waals surface area contributed by atoms with Crippen LogP contribution in [0.1, 0.15) is 42.7 Å². The molecule has 1 heterocycles. The van der Waals surface area contributed by atoms with E-state index in [1.807, 2.05) is 16.8 Å². The first kappa shape index (κ1) is 7.07. The fourth-order valence-corrected chi connectivity index (χ4v) is 3.78. The Morgan fingerprint density at radius 3 is 2.92 bits per heavy atom. The Labute approximate surface area is 76.8 Å². The van der Waals surface area contributed by atoms with Gasteiger partial charge in [0.05, 0.1) is 11.2 Å². The molecule has 1 saturated carbocycles. The highest BCUT2D eigenvalue weighted by Gasteiger charge is 2.42. The van der Waals surface area contributed by atoms with Crippen LogP contribution < -0.4 is 0 Å². The molecule has 2 heteroatoms. The number of hydrogen-bond donors (Lipinski definition) is 0. The van der Waals surface area contributed by atoms with Crippen LogP contribution in [0.3, 0.4) is 0 Å². The third kappa shape index (κ3) is 0.764. The largest absolute Gasteiger partial charge is 0.249 e. The zero-order valence-electron chi connectivity index (χ0n) is 7.18. The van der Waals surface area contributed by atoms with Crippen molar-refractivity contribution in [3.05, 3.63) is 16.1 Å². The van der Waals surface area contributed by atoms with Crippen LogP contribution in [0.25, 0.3) is 0 Å². The van der Waals surface area contributed by atoms with E-state index in [9.17, 15) is 0 Å². The maximum Gasteiger partial charge on any atom is 0.0797 e. The number of thiazole rings is 1. The summed E-state index contributed by atoms with van der Waals surface area (Å²) in [6.07, 6.45) is 8.36. The smallest absolute Gasteiger partial charge is 0.0797 e. The number of fused-ring (bicyclic) bond motifs is 2. The van der Waals surface area contributed by atoms with Gasteiger partial charge in [0.15, 0.2) is 0 Å². The standard InChI is InChI=1S/C10H13NS/c1-2-5-10(4-1)6-3-8-9(10)11-7-12-8/h7H,1-6H2. The lowest BCUT2D eigenvalue weighted by molar-refractivity contribution is 0.428. The van der Waals surface area contributed by atoms with Crippen molar-refractivity contribution in [1.82, 2.24) is 4.98 Å². The minimum absolute atomic E-state index is 0.551. The second-order valence-electron chi connectivity index (χ2n) is 4.11. The minimum Gasteiger partial charge on any atom is -0.249 e. The summed E-state index contributed by atoms with van der Waals surface area (Å²) in [4.78, 5) is 6.13.